The zero-order valence-electron chi connectivity index (χ0n) is 10.1. The Hall–Kier alpha value is -0.420. The number of aryl methyl sites for hydroxylation is 2. The minimum absolute atomic E-state index is 0.328. The quantitative estimate of drug-likeness (QED) is 0.640. The predicted octanol–water partition coefficient (Wildman–Crippen LogP) is 2.17. The minimum atomic E-state index is 0.328. The summed E-state index contributed by atoms with van der Waals surface area (Å²) < 4.78 is 5.43. The van der Waals surface area contributed by atoms with E-state index in [2.05, 4.69) is 11.5 Å². The summed E-state index contributed by atoms with van der Waals surface area (Å²) in [6, 6.07) is 2.71. The smallest absolute Gasteiger partial charge is 0.0583 e. The minimum Gasteiger partial charge on any atom is -0.381 e. The molecule has 1 aliphatic carbocycles. The van der Waals surface area contributed by atoms with Crippen LogP contribution in [0.25, 0.3) is 0 Å². The topological polar surface area (TPSA) is 47.3 Å². The molecule has 0 saturated carbocycles. The van der Waals surface area contributed by atoms with Crippen molar-refractivity contribution in [3.8, 4) is 0 Å². The molecule has 1 unspecified atom stereocenters. The molecule has 1 fully saturated rings. The first-order valence-electron chi connectivity index (χ1n) is 6.54. The van der Waals surface area contributed by atoms with Crippen molar-refractivity contribution < 1.29 is 4.74 Å². The summed E-state index contributed by atoms with van der Waals surface area (Å²) in [5, 5.41) is 0. The first-order valence-corrected chi connectivity index (χ1v) is 7.35. The van der Waals surface area contributed by atoms with E-state index in [0.29, 0.717) is 12.0 Å². The van der Waals surface area contributed by atoms with Gasteiger partial charge in [-0.2, -0.15) is 0 Å². The molecule has 1 aromatic rings. The number of rotatable bonds is 3. The molecule has 1 aromatic heterocycles. The third kappa shape index (κ3) is 2.27. The van der Waals surface area contributed by atoms with E-state index in [1.165, 1.54) is 24.1 Å². The van der Waals surface area contributed by atoms with E-state index in [9.17, 15) is 0 Å². The molecule has 0 amide bonds. The Morgan fingerprint density at radius 2 is 2.18 bits per heavy atom. The van der Waals surface area contributed by atoms with Crippen LogP contribution in [0.1, 0.15) is 40.6 Å². The molecule has 3 nitrogen and oxygen atoms in total. The first kappa shape index (κ1) is 11.7. The molecule has 2 aliphatic rings. The fourth-order valence-corrected chi connectivity index (χ4v) is 4.42. The molecule has 0 spiro atoms. The maximum absolute atomic E-state index is 5.77. The molecule has 1 aliphatic heterocycles. The van der Waals surface area contributed by atoms with E-state index in [-0.39, 0.29) is 0 Å². The van der Waals surface area contributed by atoms with Crippen molar-refractivity contribution in [2.45, 2.75) is 38.1 Å². The molecule has 1 saturated heterocycles. The van der Waals surface area contributed by atoms with Crippen molar-refractivity contribution >= 4 is 11.3 Å². The van der Waals surface area contributed by atoms with Gasteiger partial charge in [-0.1, -0.05) is 0 Å². The summed E-state index contributed by atoms with van der Waals surface area (Å²) in [5.41, 5.74) is 4.60. The van der Waals surface area contributed by atoms with Crippen molar-refractivity contribution in [1.82, 2.24) is 5.43 Å². The van der Waals surface area contributed by atoms with Crippen molar-refractivity contribution in [2.24, 2.45) is 11.8 Å². The Balaban J connectivity index is 1.78. The van der Waals surface area contributed by atoms with E-state index >= 15 is 0 Å². The zero-order chi connectivity index (χ0) is 11.7. The lowest BCUT2D eigenvalue weighted by molar-refractivity contribution is 0.0540. The average molecular weight is 252 g/mol. The molecule has 0 bridgehead atoms. The van der Waals surface area contributed by atoms with Crippen LogP contribution in [0, 0.1) is 5.92 Å². The lowest BCUT2D eigenvalue weighted by Crippen LogP contribution is -2.35. The van der Waals surface area contributed by atoms with Gasteiger partial charge in [-0.05, 0) is 49.7 Å². The van der Waals surface area contributed by atoms with Gasteiger partial charge in [0, 0.05) is 23.0 Å². The second-order valence-corrected chi connectivity index (χ2v) is 6.21. The van der Waals surface area contributed by atoms with Crippen molar-refractivity contribution in [3.63, 3.8) is 0 Å². The van der Waals surface area contributed by atoms with Gasteiger partial charge in [0.2, 0.25) is 0 Å². The first-order chi connectivity index (χ1) is 8.38. The SMILES string of the molecule is NNC(c1cc2c(s1)CCC2)C1CCOCC1. The molecule has 94 valence electrons. The summed E-state index contributed by atoms with van der Waals surface area (Å²) in [7, 11) is 0. The van der Waals surface area contributed by atoms with E-state index in [4.69, 9.17) is 10.6 Å². The Morgan fingerprint density at radius 1 is 1.35 bits per heavy atom. The standard InChI is InChI=1S/C13H20N2OS/c14-15-13(9-4-6-16-7-5-9)12-8-10-2-1-3-11(10)17-12/h8-9,13,15H,1-7,14H2. The van der Waals surface area contributed by atoms with E-state index in [1.54, 1.807) is 10.4 Å². The zero-order valence-corrected chi connectivity index (χ0v) is 10.9. The highest BCUT2D eigenvalue weighted by atomic mass is 32.1. The van der Waals surface area contributed by atoms with Crippen LogP contribution in [0.4, 0.5) is 0 Å². The molecular formula is C13H20N2OS. The van der Waals surface area contributed by atoms with Gasteiger partial charge in [0.15, 0.2) is 0 Å². The van der Waals surface area contributed by atoms with E-state index in [0.717, 1.165) is 26.1 Å². The van der Waals surface area contributed by atoms with Crippen LogP contribution in [-0.4, -0.2) is 13.2 Å². The number of hydrogen-bond acceptors (Lipinski definition) is 4. The van der Waals surface area contributed by atoms with Crippen LogP contribution in [-0.2, 0) is 17.6 Å². The fraction of sp³-hybridized carbons (Fsp3) is 0.692. The van der Waals surface area contributed by atoms with Crippen LogP contribution >= 0.6 is 11.3 Å². The van der Waals surface area contributed by atoms with Crippen LogP contribution in [0.3, 0.4) is 0 Å². The number of hydrazine groups is 1. The molecule has 3 N–H and O–H groups in total. The maximum Gasteiger partial charge on any atom is 0.0583 e. The fourth-order valence-electron chi connectivity index (χ4n) is 3.00. The third-order valence-electron chi connectivity index (χ3n) is 3.99. The van der Waals surface area contributed by atoms with Crippen LogP contribution in [0.5, 0.6) is 0 Å². The van der Waals surface area contributed by atoms with E-state index in [1.807, 2.05) is 11.3 Å². The number of fused-ring (bicyclic) bond motifs is 1. The van der Waals surface area contributed by atoms with Gasteiger partial charge >= 0.3 is 0 Å². The highest BCUT2D eigenvalue weighted by Crippen LogP contribution is 2.38. The van der Waals surface area contributed by atoms with Gasteiger partial charge < -0.3 is 4.74 Å². The summed E-state index contributed by atoms with van der Waals surface area (Å²) in [6.45, 7) is 1.77. The number of nitrogens with two attached hydrogens (primary N) is 1. The Bertz CT molecular complexity index is 363. The molecule has 4 heteroatoms. The molecule has 0 aromatic carbocycles. The van der Waals surface area contributed by atoms with Crippen molar-refractivity contribution in [3.05, 3.63) is 21.4 Å². The predicted molar refractivity (Wildman–Crippen MR) is 70.0 cm³/mol. The summed E-state index contributed by atoms with van der Waals surface area (Å²) in [5.74, 6) is 6.40. The van der Waals surface area contributed by atoms with E-state index < -0.39 is 0 Å². The molecule has 2 heterocycles. The van der Waals surface area contributed by atoms with Crippen LogP contribution < -0.4 is 11.3 Å². The average Bonchev–Trinajstić information content (AvgIpc) is 2.92. The Kier molecular flexibility index (Phi) is 3.47. The molecule has 1 atom stereocenters. The Labute approximate surface area is 106 Å². The number of ether oxygens (including phenoxy) is 1. The van der Waals surface area contributed by atoms with Gasteiger partial charge in [0.25, 0.3) is 0 Å². The molecular weight excluding hydrogens is 232 g/mol. The van der Waals surface area contributed by atoms with Gasteiger partial charge in [0.1, 0.15) is 0 Å². The lowest BCUT2D eigenvalue weighted by atomic mass is 9.91. The monoisotopic (exact) mass is 252 g/mol. The van der Waals surface area contributed by atoms with Crippen LogP contribution in [0.15, 0.2) is 6.07 Å². The summed E-state index contributed by atoms with van der Waals surface area (Å²) in [6.07, 6.45) is 6.11. The number of nitrogens with one attached hydrogen (secondary N) is 1. The molecule has 3 rings (SSSR count). The van der Waals surface area contributed by atoms with Gasteiger partial charge in [0.05, 0.1) is 6.04 Å². The lowest BCUT2D eigenvalue weighted by Gasteiger charge is -2.29. The van der Waals surface area contributed by atoms with Gasteiger partial charge in [-0.3, -0.25) is 11.3 Å². The van der Waals surface area contributed by atoms with Crippen molar-refractivity contribution in [1.29, 1.82) is 0 Å². The third-order valence-corrected chi connectivity index (χ3v) is 5.31. The Morgan fingerprint density at radius 3 is 2.88 bits per heavy atom. The molecule has 0 radical (unpaired) electrons. The number of hydrogen-bond donors (Lipinski definition) is 2. The van der Waals surface area contributed by atoms with Crippen LogP contribution in [0.2, 0.25) is 0 Å². The highest BCUT2D eigenvalue weighted by Gasteiger charge is 2.27. The van der Waals surface area contributed by atoms with Gasteiger partial charge in [-0.15, -0.1) is 11.3 Å². The largest absolute Gasteiger partial charge is 0.381 e. The second-order valence-electron chi connectivity index (χ2n) is 5.04. The van der Waals surface area contributed by atoms with Gasteiger partial charge in [-0.25, -0.2) is 0 Å². The molecule has 17 heavy (non-hydrogen) atoms. The van der Waals surface area contributed by atoms with Crippen molar-refractivity contribution in [2.75, 3.05) is 13.2 Å². The number of thiophene rings is 1. The summed E-state index contributed by atoms with van der Waals surface area (Å²) >= 11 is 1.97. The second kappa shape index (κ2) is 5.06. The summed E-state index contributed by atoms with van der Waals surface area (Å²) in [4.78, 5) is 3.02. The highest BCUT2D eigenvalue weighted by molar-refractivity contribution is 7.12. The normalized spacial score (nSPS) is 22.6. The maximum atomic E-state index is 5.77.